The molecule has 2 aromatic heterocycles. The van der Waals surface area contributed by atoms with Gasteiger partial charge in [-0.1, -0.05) is 0 Å². The van der Waals surface area contributed by atoms with Gasteiger partial charge >= 0.3 is 0 Å². The smallest absolute Gasteiger partial charge is 0.0950 e. The van der Waals surface area contributed by atoms with E-state index in [1.807, 2.05) is 18.6 Å². The minimum Gasteiger partial charge on any atom is -0.398 e. The van der Waals surface area contributed by atoms with Crippen molar-refractivity contribution in [3.05, 3.63) is 31.0 Å². The van der Waals surface area contributed by atoms with Crippen LogP contribution in [0.15, 0.2) is 31.0 Å². The number of nitrogen functional groups attached to an aromatic ring is 1. The van der Waals surface area contributed by atoms with E-state index >= 15 is 0 Å². The van der Waals surface area contributed by atoms with Gasteiger partial charge in [-0.05, 0) is 32.8 Å². The highest BCUT2D eigenvalue weighted by atomic mass is 16.5. The van der Waals surface area contributed by atoms with Crippen molar-refractivity contribution >= 4 is 5.69 Å². The van der Waals surface area contributed by atoms with Crippen molar-refractivity contribution in [3.8, 4) is 11.3 Å². The van der Waals surface area contributed by atoms with Crippen molar-refractivity contribution in [2.45, 2.75) is 39.3 Å². The van der Waals surface area contributed by atoms with Crippen LogP contribution < -0.4 is 5.73 Å². The fourth-order valence-electron chi connectivity index (χ4n) is 2.05. The number of ether oxygens (including phenoxy) is 1. The largest absolute Gasteiger partial charge is 0.398 e. The molecule has 2 N–H and O–H groups in total. The number of anilines is 1. The molecule has 0 amide bonds. The van der Waals surface area contributed by atoms with E-state index in [0.29, 0.717) is 6.10 Å². The zero-order chi connectivity index (χ0) is 14.4. The maximum atomic E-state index is 5.99. The number of nitrogens with two attached hydrogens (primary N) is 1. The van der Waals surface area contributed by atoms with Crippen LogP contribution in [0, 0.1) is 0 Å². The van der Waals surface area contributed by atoms with Crippen molar-refractivity contribution in [2.24, 2.45) is 0 Å². The Morgan fingerprint density at radius 1 is 1.25 bits per heavy atom. The number of nitrogens with zero attached hydrogens (tertiary/aromatic N) is 3. The molecule has 5 heteroatoms. The van der Waals surface area contributed by atoms with Crippen molar-refractivity contribution in [3.63, 3.8) is 0 Å². The molecule has 0 saturated carbocycles. The molecule has 5 nitrogen and oxygen atoms in total. The van der Waals surface area contributed by atoms with Crippen molar-refractivity contribution in [1.82, 2.24) is 14.5 Å². The van der Waals surface area contributed by atoms with Gasteiger partial charge in [-0.3, -0.25) is 4.98 Å². The number of pyridine rings is 1. The Balaban J connectivity index is 1.94. The highest BCUT2D eigenvalue weighted by Gasteiger charge is 2.08. The van der Waals surface area contributed by atoms with Crippen molar-refractivity contribution in [2.75, 3.05) is 12.3 Å². The molecule has 0 unspecified atom stereocenters. The molecule has 0 aliphatic heterocycles. The SMILES string of the molecule is CC(C)OCCCCn1cncc1-c1cnccc1N. The summed E-state index contributed by atoms with van der Waals surface area (Å²) in [4.78, 5) is 8.35. The molecule has 0 spiro atoms. The summed E-state index contributed by atoms with van der Waals surface area (Å²) in [5.74, 6) is 0. The summed E-state index contributed by atoms with van der Waals surface area (Å²) in [7, 11) is 0. The summed E-state index contributed by atoms with van der Waals surface area (Å²) >= 11 is 0. The second-order valence-electron chi connectivity index (χ2n) is 5.06. The third-order valence-electron chi connectivity index (χ3n) is 3.09. The number of hydrogen-bond donors (Lipinski definition) is 1. The lowest BCUT2D eigenvalue weighted by Crippen LogP contribution is -2.06. The molecule has 108 valence electrons. The summed E-state index contributed by atoms with van der Waals surface area (Å²) in [5, 5.41) is 0. The molecule has 0 aromatic carbocycles. The zero-order valence-electron chi connectivity index (χ0n) is 12.1. The molecule has 0 aliphatic carbocycles. The van der Waals surface area contributed by atoms with Gasteiger partial charge in [0.25, 0.3) is 0 Å². The first-order chi connectivity index (χ1) is 9.68. The molecule has 2 rings (SSSR count). The Kier molecular flexibility index (Phi) is 5.12. The average molecular weight is 274 g/mol. The first-order valence-corrected chi connectivity index (χ1v) is 7.00. The lowest BCUT2D eigenvalue weighted by molar-refractivity contribution is 0.0754. The quantitative estimate of drug-likeness (QED) is 0.788. The minimum atomic E-state index is 0.300. The van der Waals surface area contributed by atoms with Gasteiger partial charge in [0.1, 0.15) is 0 Å². The molecule has 0 fully saturated rings. The number of imidazole rings is 1. The van der Waals surface area contributed by atoms with Crippen LogP contribution in [0.4, 0.5) is 5.69 Å². The van der Waals surface area contributed by atoms with Gasteiger partial charge in [-0.15, -0.1) is 0 Å². The molecule has 0 radical (unpaired) electrons. The van der Waals surface area contributed by atoms with Gasteiger partial charge in [0, 0.05) is 36.8 Å². The number of rotatable bonds is 7. The normalized spacial score (nSPS) is 11.2. The van der Waals surface area contributed by atoms with E-state index in [9.17, 15) is 0 Å². The van der Waals surface area contributed by atoms with Gasteiger partial charge in [0.15, 0.2) is 0 Å². The lowest BCUT2D eigenvalue weighted by atomic mass is 10.2. The third kappa shape index (κ3) is 3.81. The Bertz CT molecular complexity index is 536. The molecular formula is C15H22N4O. The first-order valence-electron chi connectivity index (χ1n) is 7.00. The van der Waals surface area contributed by atoms with E-state index in [4.69, 9.17) is 10.5 Å². The maximum absolute atomic E-state index is 5.99. The zero-order valence-corrected chi connectivity index (χ0v) is 12.1. The van der Waals surface area contributed by atoms with E-state index in [-0.39, 0.29) is 0 Å². The molecule has 2 aromatic rings. The van der Waals surface area contributed by atoms with Crippen LogP contribution in [-0.4, -0.2) is 27.2 Å². The molecule has 20 heavy (non-hydrogen) atoms. The van der Waals surface area contributed by atoms with E-state index in [1.165, 1.54) is 0 Å². The van der Waals surface area contributed by atoms with Gasteiger partial charge in [0.2, 0.25) is 0 Å². The molecule has 2 heterocycles. The summed E-state index contributed by atoms with van der Waals surface area (Å²) in [6.07, 6.45) is 9.54. The number of aromatic nitrogens is 3. The van der Waals surface area contributed by atoms with E-state index in [0.717, 1.165) is 42.9 Å². The summed E-state index contributed by atoms with van der Waals surface area (Å²) in [6.45, 7) is 5.82. The van der Waals surface area contributed by atoms with Gasteiger partial charge in [0.05, 0.1) is 24.3 Å². The van der Waals surface area contributed by atoms with Crippen LogP contribution in [0.2, 0.25) is 0 Å². The molecule has 0 aliphatic rings. The highest BCUT2D eigenvalue weighted by molar-refractivity contribution is 5.72. The van der Waals surface area contributed by atoms with Crippen LogP contribution in [0.25, 0.3) is 11.3 Å². The Morgan fingerprint density at radius 2 is 2.10 bits per heavy atom. The van der Waals surface area contributed by atoms with Crippen LogP contribution in [0.3, 0.4) is 0 Å². The van der Waals surface area contributed by atoms with Crippen LogP contribution in [0.5, 0.6) is 0 Å². The fraction of sp³-hybridized carbons (Fsp3) is 0.467. The third-order valence-corrected chi connectivity index (χ3v) is 3.09. The predicted molar refractivity (Wildman–Crippen MR) is 80.2 cm³/mol. The average Bonchev–Trinajstić information content (AvgIpc) is 2.87. The Morgan fingerprint density at radius 3 is 2.85 bits per heavy atom. The number of unbranched alkanes of at least 4 members (excludes halogenated alkanes) is 1. The van der Waals surface area contributed by atoms with Gasteiger partial charge in [-0.25, -0.2) is 4.98 Å². The highest BCUT2D eigenvalue weighted by Crippen LogP contribution is 2.24. The molecule has 0 atom stereocenters. The minimum absolute atomic E-state index is 0.300. The molecule has 0 bridgehead atoms. The Labute approximate surface area is 119 Å². The topological polar surface area (TPSA) is 66.0 Å². The van der Waals surface area contributed by atoms with Crippen LogP contribution in [0.1, 0.15) is 26.7 Å². The lowest BCUT2D eigenvalue weighted by Gasteiger charge is -2.10. The maximum Gasteiger partial charge on any atom is 0.0950 e. The number of hydrogen-bond acceptors (Lipinski definition) is 4. The second-order valence-corrected chi connectivity index (χ2v) is 5.06. The predicted octanol–water partition coefficient (Wildman–Crippen LogP) is 2.73. The summed E-state index contributed by atoms with van der Waals surface area (Å²) < 4.78 is 7.65. The monoisotopic (exact) mass is 274 g/mol. The standard InChI is InChI=1S/C15H22N4O/c1-12(2)20-8-4-3-7-19-11-18-10-15(19)13-9-17-6-5-14(13)16/h5-6,9-12H,3-4,7-8H2,1-2H3,(H2,16,17). The first kappa shape index (κ1) is 14.5. The van der Waals surface area contributed by atoms with Gasteiger partial charge < -0.3 is 15.0 Å². The van der Waals surface area contributed by atoms with Gasteiger partial charge in [-0.2, -0.15) is 0 Å². The summed E-state index contributed by atoms with van der Waals surface area (Å²) in [6, 6.07) is 1.81. The van der Waals surface area contributed by atoms with E-state index in [1.54, 1.807) is 12.4 Å². The molecule has 0 saturated heterocycles. The van der Waals surface area contributed by atoms with E-state index < -0.39 is 0 Å². The Hall–Kier alpha value is -1.88. The van der Waals surface area contributed by atoms with Crippen LogP contribution >= 0.6 is 0 Å². The molecular weight excluding hydrogens is 252 g/mol. The van der Waals surface area contributed by atoms with Crippen LogP contribution in [-0.2, 0) is 11.3 Å². The fourth-order valence-corrected chi connectivity index (χ4v) is 2.05. The van der Waals surface area contributed by atoms with E-state index in [2.05, 4.69) is 28.4 Å². The van der Waals surface area contributed by atoms with Crippen molar-refractivity contribution < 1.29 is 4.74 Å². The summed E-state index contributed by atoms with van der Waals surface area (Å²) in [5.41, 5.74) is 8.66. The van der Waals surface area contributed by atoms with Crippen molar-refractivity contribution in [1.29, 1.82) is 0 Å². The number of aryl methyl sites for hydroxylation is 1. The second kappa shape index (κ2) is 7.05.